The molecule has 0 aromatic heterocycles. The van der Waals surface area contributed by atoms with Crippen molar-refractivity contribution < 1.29 is 56.2 Å². The summed E-state index contributed by atoms with van der Waals surface area (Å²) in [5.74, 6) is 0. The van der Waals surface area contributed by atoms with Gasteiger partial charge < -0.3 is 43.6 Å². The van der Waals surface area contributed by atoms with Crippen molar-refractivity contribution in [2.75, 3.05) is 20.3 Å². The summed E-state index contributed by atoms with van der Waals surface area (Å²) in [5, 5.41) is 30.1. The van der Waals surface area contributed by atoms with E-state index in [1.165, 1.54) is 7.11 Å². The highest BCUT2D eigenvalue weighted by molar-refractivity contribution is 7.80. The Hall–Kier alpha value is -0.450. The van der Waals surface area contributed by atoms with Gasteiger partial charge in [0.2, 0.25) is 10.4 Å². The number of methoxy groups -OCH3 is 1. The molecule has 3 heterocycles. The molecule has 3 rings (SSSR count). The quantitative estimate of drug-likeness (QED) is 0.298. The van der Waals surface area contributed by atoms with E-state index in [4.69, 9.17) is 23.7 Å². The number of hydrogen-bond donors (Lipinski definition) is 3. The molecule has 28 heavy (non-hydrogen) atoms. The van der Waals surface area contributed by atoms with Crippen molar-refractivity contribution >= 4 is 10.4 Å². The van der Waals surface area contributed by atoms with Crippen molar-refractivity contribution in [3.63, 3.8) is 0 Å². The molecule has 0 aromatic rings. The van der Waals surface area contributed by atoms with Gasteiger partial charge >= 0.3 is 0 Å². The Morgan fingerprint density at radius 2 is 1.82 bits per heavy atom. The lowest BCUT2D eigenvalue weighted by Gasteiger charge is -2.45. The Bertz CT molecular complexity index is 614. The Kier molecular flexibility index (Phi) is 7.78. The second kappa shape index (κ2) is 9.14. The molecule has 3 saturated heterocycles. The molecule has 3 fully saturated rings. The molecule has 166 valence electrons. The van der Waals surface area contributed by atoms with Gasteiger partial charge in [-0.2, -0.15) is 0 Å². The second-order valence-corrected chi connectivity index (χ2v) is 7.66. The van der Waals surface area contributed by atoms with Gasteiger partial charge in [0.05, 0.1) is 19.3 Å². The normalized spacial score (nSPS) is 46.2. The third-order valence-electron chi connectivity index (χ3n) is 4.94. The molecule has 0 spiro atoms. The summed E-state index contributed by atoms with van der Waals surface area (Å²) >= 11 is 0. The van der Waals surface area contributed by atoms with Crippen LogP contribution in [0.1, 0.15) is 14.4 Å². The van der Waals surface area contributed by atoms with E-state index in [2.05, 4.69) is 4.18 Å². The minimum Gasteiger partial charge on any atom is -0.726 e. The SMILES string of the molecule is C.CO[C@H]1C(O)[C@H](O[C@@H]2C3OC[C@@H]2O[C@H](C)C3O)OC(CO)[C@@H]1OS(=O)(=O)[O-]. The molecule has 2 bridgehead atoms. The standard InChI is InChI=1S/C14H24O12S.CH4/c1-5-8(16)13-10(7(23-5)4-22-13)25-14-9(17)12(21-2)11(6(3-15)24-14)26-27(18,19)20;/h5-17H,3-4H2,1-2H3,(H,18,19,20);1H4/p-1/t5-,6?,7+,8?,9?,10+,11+,12+,13?,14+;/m1./s1. The maximum Gasteiger partial charge on any atom is 0.218 e. The van der Waals surface area contributed by atoms with Crippen LogP contribution in [0.2, 0.25) is 0 Å². The predicted octanol–water partition coefficient (Wildman–Crippen LogP) is -2.51. The van der Waals surface area contributed by atoms with Gasteiger partial charge in [0.25, 0.3) is 0 Å². The predicted molar refractivity (Wildman–Crippen MR) is 88.8 cm³/mol. The van der Waals surface area contributed by atoms with Crippen LogP contribution in [0.15, 0.2) is 0 Å². The van der Waals surface area contributed by atoms with Crippen molar-refractivity contribution in [3.05, 3.63) is 0 Å². The van der Waals surface area contributed by atoms with Gasteiger partial charge in [0.15, 0.2) is 6.29 Å². The molecule has 10 atom stereocenters. The summed E-state index contributed by atoms with van der Waals surface area (Å²) in [7, 11) is -3.98. The van der Waals surface area contributed by atoms with E-state index in [-0.39, 0.29) is 14.0 Å². The van der Waals surface area contributed by atoms with Crippen LogP contribution >= 0.6 is 0 Å². The van der Waals surface area contributed by atoms with Crippen molar-refractivity contribution in [3.8, 4) is 0 Å². The molecule has 0 radical (unpaired) electrons. The van der Waals surface area contributed by atoms with Crippen LogP contribution in [0.3, 0.4) is 0 Å². The first kappa shape index (κ1) is 23.8. The molecule has 3 aliphatic heterocycles. The van der Waals surface area contributed by atoms with Crippen LogP contribution in [0, 0.1) is 0 Å². The highest BCUT2D eigenvalue weighted by Gasteiger charge is 2.54. The first-order valence-electron chi connectivity index (χ1n) is 8.38. The number of rotatable bonds is 6. The number of aliphatic hydroxyl groups excluding tert-OH is 3. The lowest BCUT2D eigenvalue weighted by molar-refractivity contribution is -0.327. The maximum absolute atomic E-state index is 10.9. The van der Waals surface area contributed by atoms with E-state index in [1.54, 1.807) is 6.92 Å². The van der Waals surface area contributed by atoms with E-state index in [0.717, 1.165) is 0 Å². The molecule has 12 nitrogen and oxygen atoms in total. The van der Waals surface area contributed by atoms with Crippen molar-refractivity contribution in [2.45, 2.75) is 75.6 Å². The average Bonchev–Trinajstić information content (AvgIpc) is 2.90. The summed E-state index contributed by atoms with van der Waals surface area (Å²) in [4.78, 5) is 0. The number of hydrogen-bond acceptors (Lipinski definition) is 12. The third kappa shape index (κ3) is 4.65. The lowest BCUT2D eigenvalue weighted by Crippen LogP contribution is -2.63. The molecule has 0 aromatic carbocycles. The second-order valence-electron chi connectivity index (χ2n) is 6.65. The molecule has 0 aliphatic carbocycles. The maximum atomic E-state index is 10.9. The summed E-state index contributed by atoms with van der Waals surface area (Å²) in [6.45, 7) is 1.14. The first-order chi connectivity index (χ1) is 12.7. The average molecular weight is 431 g/mol. The molecular weight excluding hydrogens is 404 g/mol. The van der Waals surface area contributed by atoms with Crippen LogP contribution < -0.4 is 0 Å². The van der Waals surface area contributed by atoms with Gasteiger partial charge in [-0.25, -0.2) is 8.42 Å². The fraction of sp³-hybridized carbons (Fsp3) is 1.00. The molecular formula is C15H27O12S-. The molecule has 0 saturated carbocycles. The highest BCUT2D eigenvalue weighted by Crippen LogP contribution is 2.35. The molecule has 3 N–H and O–H groups in total. The Labute approximate surface area is 163 Å². The van der Waals surface area contributed by atoms with E-state index >= 15 is 0 Å². The summed E-state index contributed by atoms with van der Waals surface area (Å²) < 4.78 is 64.5. The summed E-state index contributed by atoms with van der Waals surface area (Å²) in [5.41, 5.74) is 0. The fourth-order valence-electron chi connectivity index (χ4n) is 3.64. The van der Waals surface area contributed by atoms with E-state index < -0.39 is 78.2 Å². The van der Waals surface area contributed by atoms with E-state index in [9.17, 15) is 28.3 Å². The Morgan fingerprint density at radius 3 is 2.39 bits per heavy atom. The smallest absolute Gasteiger partial charge is 0.218 e. The van der Waals surface area contributed by atoms with Crippen LogP contribution in [-0.4, -0.2) is 110 Å². The summed E-state index contributed by atoms with van der Waals surface area (Å²) in [6, 6.07) is 0. The van der Waals surface area contributed by atoms with Crippen LogP contribution in [0.4, 0.5) is 0 Å². The molecule has 0 amide bonds. The largest absolute Gasteiger partial charge is 0.726 e. The topological polar surface area (TPSA) is 173 Å². The van der Waals surface area contributed by atoms with Crippen molar-refractivity contribution in [2.24, 2.45) is 0 Å². The Balaban J connectivity index is 0.00000280. The third-order valence-corrected chi connectivity index (χ3v) is 5.40. The molecule has 4 unspecified atom stereocenters. The number of ether oxygens (including phenoxy) is 5. The monoisotopic (exact) mass is 431 g/mol. The Morgan fingerprint density at radius 1 is 1.14 bits per heavy atom. The fourth-order valence-corrected chi connectivity index (χ4v) is 4.14. The van der Waals surface area contributed by atoms with Crippen LogP contribution in [-0.2, 0) is 38.3 Å². The van der Waals surface area contributed by atoms with Crippen LogP contribution in [0.25, 0.3) is 0 Å². The minimum absolute atomic E-state index is 0. The van der Waals surface area contributed by atoms with Crippen molar-refractivity contribution in [1.82, 2.24) is 0 Å². The number of fused-ring (bicyclic) bond motifs is 2. The molecule has 13 heteroatoms. The molecule has 3 aliphatic rings. The number of aliphatic hydroxyl groups is 3. The minimum atomic E-state index is -5.14. The van der Waals surface area contributed by atoms with Gasteiger partial charge in [-0.05, 0) is 6.92 Å². The zero-order chi connectivity index (χ0) is 19.9. The van der Waals surface area contributed by atoms with Gasteiger partial charge in [-0.15, -0.1) is 0 Å². The van der Waals surface area contributed by atoms with E-state index in [1.807, 2.05) is 0 Å². The zero-order valence-electron chi connectivity index (χ0n) is 14.6. The van der Waals surface area contributed by atoms with Gasteiger partial charge in [0, 0.05) is 7.11 Å². The van der Waals surface area contributed by atoms with E-state index in [0.29, 0.717) is 0 Å². The first-order valence-corrected chi connectivity index (χ1v) is 9.71. The van der Waals surface area contributed by atoms with Gasteiger partial charge in [-0.1, -0.05) is 7.43 Å². The zero-order valence-corrected chi connectivity index (χ0v) is 15.4. The van der Waals surface area contributed by atoms with Crippen LogP contribution in [0.5, 0.6) is 0 Å². The van der Waals surface area contributed by atoms with Gasteiger partial charge in [-0.3, -0.25) is 4.18 Å². The lowest BCUT2D eigenvalue weighted by atomic mass is 9.97. The summed E-state index contributed by atoms with van der Waals surface area (Å²) in [6.07, 6.45) is -10.6. The van der Waals surface area contributed by atoms with Gasteiger partial charge in [0.1, 0.15) is 48.8 Å². The highest BCUT2D eigenvalue weighted by atomic mass is 32.3. The van der Waals surface area contributed by atoms with Crippen molar-refractivity contribution in [1.29, 1.82) is 0 Å².